The Morgan fingerprint density at radius 2 is 2.10 bits per heavy atom. The van der Waals surface area contributed by atoms with E-state index >= 15 is 0 Å². The third-order valence-corrected chi connectivity index (χ3v) is 3.40. The average molecular weight is 339 g/mol. The number of alkyl halides is 3. The number of carbonyl (C=O) groups excluding carboxylic acids is 1. The van der Waals surface area contributed by atoms with Gasteiger partial charge in [-0.1, -0.05) is 47.8 Å². The van der Waals surface area contributed by atoms with Crippen molar-refractivity contribution >= 4 is 53.8 Å². The van der Waals surface area contributed by atoms with Crippen LogP contribution in [0, 0.1) is 0 Å². The maximum Gasteiger partial charge on any atom is 0.316 e. The minimum absolute atomic E-state index is 0.204. The van der Waals surface area contributed by atoms with Crippen LogP contribution in [0.4, 0.5) is 0 Å². The van der Waals surface area contributed by atoms with Crippen molar-refractivity contribution in [2.45, 2.75) is 4.83 Å². The van der Waals surface area contributed by atoms with E-state index in [1.165, 1.54) is 0 Å². The van der Waals surface area contributed by atoms with Crippen LogP contribution in [0.15, 0.2) is 0 Å². The lowest BCUT2D eigenvalue weighted by Crippen LogP contribution is -2.15. The SMILES string of the molecule is O=C(CBr)OC[C@H](Br)CBr. The van der Waals surface area contributed by atoms with Gasteiger partial charge in [-0.15, -0.1) is 0 Å². The number of esters is 1. The summed E-state index contributed by atoms with van der Waals surface area (Å²) in [5.74, 6) is -0.231. The van der Waals surface area contributed by atoms with E-state index in [1.807, 2.05) is 0 Å². The fourth-order valence-electron chi connectivity index (χ4n) is 0.266. The third-order valence-electron chi connectivity index (χ3n) is 0.702. The van der Waals surface area contributed by atoms with E-state index in [-0.39, 0.29) is 16.1 Å². The van der Waals surface area contributed by atoms with E-state index in [1.54, 1.807) is 0 Å². The van der Waals surface area contributed by atoms with Gasteiger partial charge in [-0.3, -0.25) is 4.79 Å². The van der Waals surface area contributed by atoms with Crippen LogP contribution >= 0.6 is 47.8 Å². The minimum atomic E-state index is -0.231. The fourth-order valence-corrected chi connectivity index (χ4v) is 0.747. The first kappa shape index (κ1) is 10.9. The van der Waals surface area contributed by atoms with E-state index in [2.05, 4.69) is 47.8 Å². The smallest absolute Gasteiger partial charge is 0.316 e. The molecule has 5 heteroatoms. The monoisotopic (exact) mass is 336 g/mol. The van der Waals surface area contributed by atoms with Gasteiger partial charge in [-0.25, -0.2) is 0 Å². The van der Waals surface area contributed by atoms with Crippen molar-refractivity contribution in [2.75, 3.05) is 17.3 Å². The molecule has 0 rings (SSSR count). The van der Waals surface area contributed by atoms with Gasteiger partial charge in [0.05, 0.1) is 4.83 Å². The van der Waals surface area contributed by atoms with E-state index in [0.29, 0.717) is 6.61 Å². The summed E-state index contributed by atoms with van der Waals surface area (Å²) >= 11 is 9.52. The second-order valence-electron chi connectivity index (χ2n) is 1.57. The highest BCUT2D eigenvalue weighted by atomic mass is 79.9. The Morgan fingerprint density at radius 3 is 2.50 bits per heavy atom. The summed E-state index contributed by atoms with van der Waals surface area (Å²) in [4.78, 5) is 10.7. The number of halogens is 3. The molecule has 0 unspecified atom stereocenters. The lowest BCUT2D eigenvalue weighted by atomic mass is 10.5. The largest absolute Gasteiger partial charge is 0.464 e. The van der Waals surface area contributed by atoms with Gasteiger partial charge in [0, 0.05) is 5.33 Å². The molecule has 0 fully saturated rings. The molecule has 0 aliphatic carbocycles. The zero-order chi connectivity index (χ0) is 7.98. The number of ether oxygens (including phenoxy) is 1. The molecule has 0 amide bonds. The van der Waals surface area contributed by atoms with Crippen LogP contribution in [-0.4, -0.2) is 28.1 Å². The first-order valence-corrected chi connectivity index (χ1v) is 5.78. The van der Waals surface area contributed by atoms with Crippen LogP contribution in [-0.2, 0) is 9.53 Å². The third kappa shape index (κ3) is 5.68. The lowest BCUT2D eigenvalue weighted by Gasteiger charge is -2.05. The molecule has 0 radical (unpaired) electrons. The summed E-state index contributed by atoms with van der Waals surface area (Å²) in [5, 5.41) is 1.04. The molecule has 2 nitrogen and oxygen atoms in total. The number of rotatable bonds is 4. The highest BCUT2D eigenvalue weighted by molar-refractivity contribution is 9.12. The molecule has 0 aliphatic rings. The highest BCUT2D eigenvalue weighted by Crippen LogP contribution is 2.03. The van der Waals surface area contributed by atoms with Crippen LogP contribution in [0.5, 0.6) is 0 Å². The molecule has 0 spiro atoms. The van der Waals surface area contributed by atoms with Crippen LogP contribution in [0.25, 0.3) is 0 Å². The molecule has 0 bridgehead atoms. The molecule has 0 aromatic heterocycles. The van der Waals surface area contributed by atoms with E-state index < -0.39 is 0 Å². The van der Waals surface area contributed by atoms with Gasteiger partial charge in [0.15, 0.2) is 0 Å². The molecule has 60 valence electrons. The average Bonchev–Trinajstić information content (AvgIpc) is 1.99. The van der Waals surface area contributed by atoms with Crippen molar-refractivity contribution in [2.24, 2.45) is 0 Å². The summed E-state index contributed by atoms with van der Waals surface area (Å²) in [5.41, 5.74) is 0. The molecule has 0 aromatic rings. The van der Waals surface area contributed by atoms with Gasteiger partial charge >= 0.3 is 5.97 Å². The molecule has 0 heterocycles. The van der Waals surface area contributed by atoms with Crippen molar-refractivity contribution in [1.29, 1.82) is 0 Å². The lowest BCUT2D eigenvalue weighted by molar-refractivity contribution is -0.140. The zero-order valence-corrected chi connectivity index (χ0v) is 9.91. The molecule has 0 aliphatic heterocycles. The van der Waals surface area contributed by atoms with Crippen LogP contribution < -0.4 is 0 Å². The minimum Gasteiger partial charge on any atom is -0.464 e. The number of hydrogen-bond acceptors (Lipinski definition) is 2. The van der Waals surface area contributed by atoms with Crippen molar-refractivity contribution in [3.05, 3.63) is 0 Å². The Balaban J connectivity index is 3.26. The Kier molecular flexibility index (Phi) is 7.21. The Labute approximate surface area is 85.1 Å². The molecule has 0 aromatic carbocycles. The normalized spacial score (nSPS) is 12.7. The predicted molar refractivity (Wildman–Crippen MR) is 51.3 cm³/mol. The van der Waals surface area contributed by atoms with Gasteiger partial charge in [0.1, 0.15) is 11.9 Å². The summed E-state index contributed by atoms with van der Waals surface area (Å²) in [6, 6.07) is 0. The summed E-state index contributed by atoms with van der Waals surface area (Å²) in [6.07, 6.45) is 0. The predicted octanol–water partition coefficient (Wildman–Crippen LogP) is 2.08. The Morgan fingerprint density at radius 1 is 1.50 bits per heavy atom. The first-order valence-electron chi connectivity index (χ1n) is 2.62. The first-order chi connectivity index (χ1) is 4.70. The topological polar surface area (TPSA) is 26.3 Å². The Hall–Kier alpha value is 0.910. The highest BCUT2D eigenvalue weighted by Gasteiger charge is 2.04. The fraction of sp³-hybridized carbons (Fsp3) is 0.800. The molecular weight excluding hydrogens is 332 g/mol. The van der Waals surface area contributed by atoms with E-state index in [4.69, 9.17) is 4.74 Å². The molecule has 0 saturated heterocycles. The zero-order valence-electron chi connectivity index (χ0n) is 5.15. The van der Waals surface area contributed by atoms with Crippen LogP contribution in [0.2, 0.25) is 0 Å². The van der Waals surface area contributed by atoms with Gasteiger partial charge in [0.25, 0.3) is 0 Å². The van der Waals surface area contributed by atoms with Crippen molar-refractivity contribution in [3.63, 3.8) is 0 Å². The molecular formula is C5H7Br3O2. The van der Waals surface area contributed by atoms with Crippen LogP contribution in [0.3, 0.4) is 0 Å². The molecule has 0 saturated carbocycles. The second-order valence-corrected chi connectivity index (χ2v) is 4.07. The number of hydrogen-bond donors (Lipinski definition) is 0. The summed E-state index contributed by atoms with van der Waals surface area (Å²) < 4.78 is 4.78. The van der Waals surface area contributed by atoms with Crippen molar-refractivity contribution < 1.29 is 9.53 Å². The van der Waals surface area contributed by atoms with Crippen molar-refractivity contribution in [3.8, 4) is 0 Å². The Bertz CT molecular complexity index is 107. The van der Waals surface area contributed by atoms with Gasteiger partial charge in [-0.2, -0.15) is 0 Å². The quantitative estimate of drug-likeness (QED) is 0.579. The molecule has 0 N–H and O–H groups in total. The maximum absolute atomic E-state index is 10.5. The standard InChI is InChI=1S/C5H7Br3O2/c6-1-4(8)3-10-5(9)2-7/h4H,1-3H2/t4-/m1/s1. The second kappa shape index (κ2) is 6.61. The summed E-state index contributed by atoms with van der Waals surface area (Å²) in [7, 11) is 0. The molecule has 1 atom stereocenters. The van der Waals surface area contributed by atoms with Gasteiger partial charge in [0.2, 0.25) is 0 Å². The van der Waals surface area contributed by atoms with Crippen LogP contribution in [0.1, 0.15) is 0 Å². The van der Waals surface area contributed by atoms with Gasteiger partial charge in [-0.05, 0) is 0 Å². The summed E-state index contributed by atoms with van der Waals surface area (Å²) in [6.45, 7) is 0.412. The molecule has 10 heavy (non-hydrogen) atoms. The maximum atomic E-state index is 10.5. The van der Waals surface area contributed by atoms with E-state index in [0.717, 1.165) is 5.33 Å². The van der Waals surface area contributed by atoms with Gasteiger partial charge < -0.3 is 4.74 Å². The number of carbonyl (C=O) groups is 1. The van der Waals surface area contributed by atoms with Crippen molar-refractivity contribution in [1.82, 2.24) is 0 Å². The van der Waals surface area contributed by atoms with E-state index in [9.17, 15) is 4.79 Å².